The minimum atomic E-state index is -1.34. The van der Waals surface area contributed by atoms with Gasteiger partial charge in [-0.3, -0.25) is 4.79 Å². The number of amides is 1. The topological polar surface area (TPSA) is 109 Å². The highest BCUT2D eigenvalue weighted by Crippen LogP contribution is 2.30. The van der Waals surface area contributed by atoms with E-state index in [1.54, 1.807) is 6.07 Å². The van der Waals surface area contributed by atoms with Crippen LogP contribution >= 0.6 is 0 Å². The van der Waals surface area contributed by atoms with E-state index in [-0.39, 0.29) is 5.56 Å². The Morgan fingerprint density at radius 2 is 1.71 bits per heavy atom. The van der Waals surface area contributed by atoms with Gasteiger partial charge in [0.05, 0.1) is 5.97 Å². The Bertz CT molecular complexity index is 569. The summed E-state index contributed by atoms with van der Waals surface area (Å²) in [6.45, 7) is 0. The Labute approximate surface area is 121 Å². The summed E-state index contributed by atoms with van der Waals surface area (Å²) in [5.74, 6) is -4.40. The lowest BCUT2D eigenvalue weighted by Crippen LogP contribution is -2.42. The number of carboxylic acid groups (broad SMARTS) is 2. The monoisotopic (exact) mass is 289 g/mol. The summed E-state index contributed by atoms with van der Waals surface area (Å²) in [6.07, 6.45) is 2.48. The van der Waals surface area contributed by atoms with Crippen LogP contribution in [0.5, 0.6) is 0 Å². The van der Waals surface area contributed by atoms with Crippen LogP contribution in [0.3, 0.4) is 0 Å². The van der Waals surface area contributed by atoms with Gasteiger partial charge < -0.3 is 25.1 Å². The van der Waals surface area contributed by atoms with Crippen molar-refractivity contribution in [3.8, 4) is 0 Å². The van der Waals surface area contributed by atoms with Crippen molar-refractivity contribution in [2.45, 2.75) is 25.7 Å². The molecule has 1 aliphatic carbocycles. The first kappa shape index (κ1) is 15.0. The van der Waals surface area contributed by atoms with E-state index < -0.39 is 29.7 Å². The molecular weight excluding hydrogens is 274 g/mol. The number of anilines is 1. The van der Waals surface area contributed by atoms with E-state index in [0.29, 0.717) is 18.5 Å². The molecule has 1 aliphatic rings. The van der Waals surface area contributed by atoms with Crippen LogP contribution < -0.4 is 15.5 Å². The number of benzene rings is 1. The molecule has 112 valence electrons. The first-order chi connectivity index (χ1) is 9.99. The van der Waals surface area contributed by atoms with Crippen molar-refractivity contribution in [1.29, 1.82) is 0 Å². The third-order valence-corrected chi connectivity index (χ3v) is 3.77. The molecule has 1 aromatic rings. The summed E-state index contributed by atoms with van der Waals surface area (Å²) in [4.78, 5) is 34.1. The van der Waals surface area contributed by atoms with Crippen LogP contribution in [0.25, 0.3) is 0 Å². The van der Waals surface area contributed by atoms with E-state index in [1.807, 2.05) is 0 Å². The zero-order valence-corrected chi connectivity index (χ0v) is 11.3. The van der Waals surface area contributed by atoms with Gasteiger partial charge in [-0.25, -0.2) is 0 Å². The van der Waals surface area contributed by atoms with Crippen LogP contribution in [-0.2, 0) is 9.59 Å². The summed E-state index contributed by atoms with van der Waals surface area (Å²) in [7, 11) is 0. The van der Waals surface area contributed by atoms with Gasteiger partial charge in [0.1, 0.15) is 0 Å². The maximum absolute atomic E-state index is 12.2. The lowest BCUT2D eigenvalue weighted by atomic mass is 9.78. The van der Waals surface area contributed by atoms with Crippen LogP contribution in [0, 0.1) is 11.8 Å². The molecule has 21 heavy (non-hydrogen) atoms. The number of aliphatic carboxylic acids is 1. The van der Waals surface area contributed by atoms with E-state index >= 15 is 0 Å². The molecule has 0 radical (unpaired) electrons. The average molecular weight is 289 g/mol. The molecule has 0 saturated heterocycles. The van der Waals surface area contributed by atoms with Crippen LogP contribution in [0.2, 0.25) is 0 Å². The lowest BCUT2D eigenvalue weighted by molar-refractivity contribution is -0.313. The van der Waals surface area contributed by atoms with Crippen LogP contribution in [0.15, 0.2) is 24.3 Å². The molecule has 1 N–H and O–H groups in total. The van der Waals surface area contributed by atoms with Crippen LogP contribution in [-0.4, -0.2) is 17.8 Å². The Balaban J connectivity index is 2.11. The quantitative estimate of drug-likeness (QED) is 0.807. The highest BCUT2D eigenvalue weighted by molar-refractivity contribution is 5.96. The van der Waals surface area contributed by atoms with Gasteiger partial charge in [0.25, 0.3) is 0 Å². The van der Waals surface area contributed by atoms with E-state index in [4.69, 9.17) is 0 Å². The fourth-order valence-corrected chi connectivity index (χ4v) is 2.69. The Hall–Kier alpha value is -2.37. The number of hydrogen-bond acceptors (Lipinski definition) is 5. The van der Waals surface area contributed by atoms with Crippen molar-refractivity contribution in [1.82, 2.24) is 0 Å². The highest BCUT2D eigenvalue weighted by Gasteiger charge is 2.31. The minimum Gasteiger partial charge on any atom is -0.550 e. The number of carbonyl (C=O) groups excluding carboxylic acids is 3. The van der Waals surface area contributed by atoms with Gasteiger partial charge in [-0.1, -0.05) is 25.0 Å². The molecule has 1 aromatic carbocycles. The molecule has 1 saturated carbocycles. The Morgan fingerprint density at radius 3 is 2.33 bits per heavy atom. The fraction of sp³-hybridized carbons (Fsp3) is 0.400. The zero-order chi connectivity index (χ0) is 15.4. The van der Waals surface area contributed by atoms with Crippen molar-refractivity contribution in [3.05, 3.63) is 29.8 Å². The van der Waals surface area contributed by atoms with Gasteiger partial charge in [0.2, 0.25) is 5.91 Å². The number of rotatable bonds is 4. The molecule has 0 bridgehead atoms. The van der Waals surface area contributed by atoms with Crippen molar-refractivity contribution in [2.24, 2.45) is 11.8 Å². The molecule has 1 amide bonds. The van der Waals surface area contributed by atoms with E-state index in [2.05, 4.69) is 5.32 Å². The van der Waals surface area contributed by atoms with E-state index in [9.17, 15) is 24.6 Å². The number of aromatic carboxylic acids is 1. The van der Waals surface area contributed by atoms with Crippen molar-refractivity contribution in [2.75, 3.05) is 5.32 Å². The van der Waals surface area contributed by atoms with Crippen LogP contribution in [0.1, 0.15) is 36.0 Å². The molecule has 0 unspecified atom stereocenters. The normalized spacial score (nSPS) is 21.5. The minimum absolute atomic E-state index is 0.0482. The largest absolute Gasteiger partial charge is 0.550 e. The maximum atomic E-state index is 12.2. The predicted octanol–water partition coefficient (Wildman–Crippen LogP) is -0.455. The summed E-state index contributed by atoms with van der Waals surface area (Å²) in [6, 6.07) is 5.67. The summed E-state index contributed by atoms with van der Waals surface area (Å²) >= 11 is 0. The number of nitrogens with one attached hydrogen (secondary N) is 1. The zero-order valence-electron chi connectivity index (χ0n) is 11.3. The van der Waals surface area contributed by atoms with Gasteiger partial charge >= 0.3 is 0 Å². The van der Waals surface area contributed by atoms with Crippen molar-refractivity contribution >= 4 is 23.5 Å². The fourth-order valence-electron chi connectivity index (χ4n) is 2.69. The molecule has 0 aromatic heterocycles. The SMILES string of the molecule is O=C([O-])c1cccc(NC(=O)[C@H]2CCCC[C@H]2C(=O)[O-])c1. The van der Waals surface area contributed by atoms with Crippen LogP contribution in [0.4, 0.5) is 5.69 Å². The average Bonchev–Trinajstić information content (AvgIpc) is 2.47. The molecule has 6 heteroatoms. The number of carboxylic acids is 2. The molecule has 2 atom stereocenters. The molecule has 0 heterocycles. The molecule has 2 rings (SSSR count). The molecule has 1 fully saturated rings. The van der Waals surface area contributed by atoms with Gasteiger partial charge in [0.15, 0.2) is 0 Å². The van der Waals surface area contributed by atoms with Gasteiger partial charge in [-0.2, -0.15) is 0 Å². The first-order valence-corrected chi connectivity index (χ1v) is 6.82. The highest BCUT2D eigenvalue weighted by atomic mass is 16.4. The summed E-state index contributed by atoms with van der Waals surface area (Å²) in [5, 5.41) is 24.4. The van der Waals surface area contributed by atoms with Gasteiger partial charge in [0, 0.05) is 23.5 Å². The third-order valence-electron chi connectivity index (χ3n) is 3.77. The number of hydrogen-bond donors (Lipinski definition) is 1. The summed E-state index contributed by atoms with van der Waals surface area (Å²) in [5.41, 5.74) is 0.261. The van der Waals surface area contributed by atoms with Crippen molar-refractivity contribution < 1.29 is 24.6 Å². The molecular formula is C15H15NO5-2. The van der Waals surface area contributed by atoms with Gasteiger partial charge in [-0.15, -0.1) is 0 Å². The lowest BCUT2D eigenvalue weighted by Gasteiger charge is -2.31. The standard InChI is InChI=1S/C15H17NO5/c17-13(11-6-1-2-7-12(11)15(20)21)16-10-5-3-4-9(8-10)14(18)19/h3-5,8,11-12H,1-2,6-7H2,(H,16,17)(H,18,19)(H,20,21)/p-2/t11-,12+/m0/s1. The van der Waals surface area contributed by atoms with Crippen molar-refractivity contribution in [3.63, 3.8) is 0 Å². The molecule has 6 nitrogen and oxygen atoms in total. The summed E-state index contributed by atoms with van der Waals surface area (Å²) < 4.78 is 0. The smallest absolute Gasteiger partial charge is 0.228 e. The van der Waals surface area contributed by atoms with E-state index in [1.165, 1.54) is 18.2 Å². The Morgan fingerprint density at radius 1 is 1.05 bits per heavy atom. The second kappa shape index (κ2) is 6.39. The van der Waals surface area contributed by atoms with E-state index in [0.717, 1.165) is 12.8 Å². The molecule has 0 aliphatic heterocycles. The second-order valence-corrected chi connectivity index (χ2v) is 5.17. The Kier molecular flexibility index (Phi) is 4.57. The van der Waals surface area contributed by atoms with Gasteiger partial charge in [-0.05, 0) is 30.5 Å². The third kappa shape index (κ3) is 3.59. The number of carbonyl (C=O) groups is 3. The molecule has 0 spiro atoms. The predicted molar refractivity (Wildman–Crippen MR) is 69.9 cm³/mol. The maximum Gasteiger partial charge on any atom is 0.228 e. The second-order valence-electron chi connectivity index (χ2n) is 5.17. The first-order valence-electron chi connectivity index (χ1n) is 6.82.